The molecule has 90 valence electrons. The largest absolute Gasteiger partial charge is 0.390 e. The predicted molar refractivity (Wildman–Crippen MR) is 53.8 cm³/mol. The van der Waals surface area contributed by atoms with Crippen molar-refractivity contribution in [1.29, 1.82) is 0 Å². The third-order valence-corrected chi connectivity index (χ3v) is 2.28. The Morgan fingerprint density at radius 1 is 1.25 bits per heavy atom. The van der Waals surface area contributed by atoms with E-state index in [9.17, 15) is 17.6 Å². The lowest BCUT2D eigenvalue weighted by Crippen LogP contribution is -2.21. The fourth-order valence-corrected chi connectivity index (χ4v) is 1.32. The highest BCUT2D eigenvalue weighted by Crippen LogP contribution is 2.19. The first kappa shape index (κ1) is 13.3. The number of alkyl halides is 3. The number of hydrogen-bond donors (Lipinski definition) is 1. The second-order valence-electron chi connectivity index (χ2n) is 3.28. The van der Waals surface area contributed by atoms with Gasteiger partial charge in [-0.2, -0.15) is 13.2 Å². The average molecular weight is 256 g/mol. The van der Waals surface area contributed by atoms with E-state index in [1.165, 1.54) is 18.2 Å². The van der Waals surface area contributed by atoms with Crippen molar-refractivity contribution in [3.05, 3.63) is 34.6 Å². The summed E-state index contributed by atoms with van der Waals surface area (Å²) in [5.41, 5.74) is 0.448. The van der Waals surface area contributed by atoms with Crippen LogP contribution in [0, 0.1) is 5.82 Å². The van der Waals surface area contributed by atoms with E-state index in [0.29, 0.717) is 10.6 Å². The third kappa shape index (κ3) is 4.81. The molecular weight excluding hydrogens is 246 g/mol. The molecule has 0 aliphatic heterocycles. The minimum Gasteiger partial charge on any atom is -0.312 e. The van der Waals surface area contributed by atoms with E-state index < -0.39 is 18.4 Å². The van der Waals surface area contributed by atoms with Gasteiger partial charge in [0.1, 0.15) is 5.82 Å². The van der Waals surface area contributed by atoms with Gasteiger partial charge in [-0.15, -0.1) is 0 Å². The van der Waals surface area contributed by atoms with Crippen LogP contribution < -0.4 is 5.32 Å². The Morgan fingerprint density at radius 3 is 2.56 bits per heavy atom. The number of rotatable bonds is 4. The van der Waals surface area contributed by atoms with Crippen LogP contribution in [0.4, 0.5) is 17.6 Å². The molecule has 1 rings (SSSR count). The summed E-state index contributed by atoms with van der Waals surface area (Å²) in [6.07, 6.45) is -5.10. The Hall–Kier alpha value is -0.810. The van der Waals surface area contributed by atoms with Crippen LogP contribution in [0.2, 0.25) is 5.02 Å². The summed E-state index contributed by atoms with van der Waals surface area (Å²) in [5, 5.41) is 2.89. The molecule has 0 aromatic heterocycles. The monoisotopic (exact) mass is 255 g/mol. The van der Waals surface area contributed by atoms with Gasteiger partial charge in [0, 0.05) is 18.1 Å². The molecule has 6 heteroatoms. The highest BCUT2D eigenvalue weighted by atomic mass is 35.5. The average Bonchev–Trinajstić information content (AvgIpc) is 2.16. The normalized spacial score (nSPS) is 11.8. The topological polar surface area (TPSA) is 12.0 Å². The van der Waals surface area contributed by atoms with E-state index in [1.807, 2.05) is 0 Å². The van der Waals surface area contributed by atoms with Crippen LogP contribution in [0.25, 0.3) is 0 Å². The van der Waals surface area contributed by atoms with Crippen LogP contribution >= 0.6 is 11.6 Å². The van der Waals surface area contributed by atoms with Crippen LogP contribution in [-0.2, 0) is 6.54 Å². The number of nitrogens with one attached hydrogen (secondary N) is 1. The van der Waals surface area contributed by atoms with Crippen molar-refractivity contribution in [3.63, 3.8) is 0 Å². The zero-order chi connectivity index (χ0) is 12.2. The standard InChI is InChI=1S/C10H10ClF4N/c11-9-2-1-8(12)5-7(9)6-16-4-3-10(13,14)15/h1-2,5,16H,3-4,6H2. The molecule has 0 unspecified atom stereocenters. The second-order valence-corrected chi connectivity index (χ2v) is 3.68. The molecule has 1 aromatic rings. The number of halogens is 5. The molecule has 0 amide bonds. The van der Waals surface area contributed by atoms with Crippen LogP contribution in [0.1, 0.15) is 12.0 Å². The van der Waals surface area contributed by atoms with Gasteiger partial charge in [-0.05, 0) is 23.8 Å². The number of benzene rings is 1. The maximum Gasteiger partial charge on any atom is 0.390 e. The second kappa shape index (κ2) is 5.50. The van der Waals surface area contributed by atoms with Gasteiger partial charge in [-0.3, -0.25) is 0 Å². The first-order chi connectivity index (χ1) is 7.38. The van der Waals surface area contributed by atoms with Crippen molar-refractivity contribution in [2.24, 2.45) is 0 Å². The molecule has 0 saturated carbocycles. The van der Waals surface area contributed by atoms with Gasteiger partial charge in [0.15, 0.2) is 0 Å². The maximum atomic E-state index is 12.8. The van der Waals surface area contributed by atoms with Gasteiger partial charge in [-0.25, -0.2) is 4.39 Å². The lowest BCUT2D eigenvalue weighted by atomic mass is 10.2. The van der Waals surface area contributed by atoms with Gasteiger partial charge < -0.3 is 5.32 Å². The Morgan fingerprint density at radius 2 is 1.94 bits per heavy atom. The van der Waals surface area contributed by atoms with Crippen molar-refractivity contribution in [2.75, 3.05) is 6.54 Å². The van der Waals surface area contributed by atoms with Crippen LogP contribution in [-0.4, -0.2) is 12.7 Å². The van der Waals surface area contributed by atoms with Crippen LogP contribution in [0.5, 0.6) is 0 Å². The molecule has 0 radical (unpaired) electrons. The molecule has 0 atom stereocenters. The van der Waals surface area contributed by atoms with Crippen LogP contribution in [0.3, 0.4) is 0 Å². The predicted octanol–water partition coefficient (Wildman–Crippen LogP) is 3.52. The van der Waals surface area contributed by atoms with E-state index in [4.69, 9.17) is 11.6 Å². The molecule has 1 aromatic carbocycles. The summed E-state index contributed by atoms with van der Waals surface area (Å²) in [7, 11) is 0. The Labute approximate surface area is 95.4 Å². The summed E-state index contributed by atoms with van der Waals surface area (Å²) < 4.78 is 48.2. The van der Waals surface area contributed by atoms with E-state index >= 15 is 0 Å². The minimum atomic E-state index is -4.18. The molecule has 0 fully saturated rings. The highest BCUT2D eigenvalue weighted by Gasteiger charge is 2.25. The van der Waals surface area contributed by atoms with E-state index in [0.717, 1.165) is 0 Å². The van der Waals surface area contributed by atoms with Crippen molar-refractivity contribution in [3.8, 4) is 0 Å². The quantitative estimate of drug-likeness (QED) is 0.641. The SMILES string of the molecule is Fc1ccc(Cl)c(CNCCC(F)(F)F)c1. The summed E-state index contributed by atoms with van der Waals surface area (Å²) in [5.74, 6) is -0.461. The zero-order valence-corrected chi connectivity index (χ0v) is 9.00. The molecule has 0 heterocycles. The first-order valence-corrected chi connectivity index (χ1v) is 4.98. The Kier molecular flexibility index (Phi) is 4.56. The zero-order valence-electron chi connectivity index (χ0n) is 8.24. The summed E-state index contributed by atoms with van der Waals surface area (Å²) >= 11 is 5.74. The molecule has 16 heavy (non-hydrogen) atoms. The smallest absolute Gasteiger partial charge is 0.312 e. The van der Waals surface area contributed by atoms with Crippen molar-refractivity contribution in [2.45, 2.75) is 19.1 Å². The van der Waals surface area contributed by atoms with Crippen molar-refractivity contribution >= 4 is 11.6 Å². The molecule has 0 saturated heterocycles. The van der Waals surface area contributed by atoms with Crippen LogP contribution in [0.15, 0.2) is 18.2 Å². The molecular formula is C10H10ClF4N. The van der Waals surface area contributed by atoms with Gasteiger partial charge in [0.2, 0.25) is 0 Å². The Balaban J connectivity index is 2.40. The lowest BCUT2D eigenvalue weighted by molar-refractivity contribution is -0.133. The molecule has 0 aliphatic rings. The van der Waals surface area contributed by atoms with Crippen molar-refractivity contribution < 1.29 is 17.6 Å². The van der Waals surface area contributed by atoms with Gasteiger partial charge in [-0.1, -0.05) is 11.6 Å². The summed E-state index contributed by atoms with van der Waals surface area (Å²) in [4.78, 5) is 0. The van der Waals surface area contributed by atoms with Gasteiger partial charge in [0.05, 0.1) is 6.42 Å². The molecule has 0 aliphatic carbocycles. The summed E-state index contributed by atoms with van der Waals surface area (Å²) in [6, 6.07) is 3.77. The number of hydrogen-bond acceptors (Lipinski definition) is 1. The highest BCUT2D eigenvalue weighted by molar-refractivity contribution is 6.31. The molecule has 1 nitrogen and oxygen atoms in total. The fourth-order valence-electron chi connectivity index (χ4n) is 1.13. The maximum absolute atomic E-state index is 12.8. The molecule has 0 spiro atoms. The van der Waals surface area contributed by atoms with Gasteiger partial charge in [0.25, 0.3) is 0 Å². The van der Waals surface area contributed by atoms with Crippen molar-refractivity contribution in [1.82, 2.24) is 5.32 Å². The minimum absolute atomic E-state index is 0.118. The summed E-state index contributed by atoms with van der Waals surface area (Å²) in [6.45, 7) is -0.0942. The van der Waals surface area contributed by atoms with E-state index in [2.05, 4.69) is 5.32 Å². The fraction of sp³-hybridized carbons (Fsp3) is 0.400. The lowest BCUT2D eigenvalue weighted by Gasteiger charge is -2.08. The van der Waals surface area contributed by atoms with Gasteiger partial charge >= 0.3 is 6.18 Å². The third-order valence-electron chi connectivity index (χ3n) is 1.91. The Bertz CT molecular complexity index is 351. The molecule has 1 N–H and O–H groups in total. The van der Waals surface area contributed by atoms with E-state index in [-0.39, 0.29) is 13.1 Å². The molecule has 0 bridgehead atoms. The van der Waals surface area contributed by atoms with E-state index in [1.54, 1.807) is 0 Å². The first-order valence-electron chi connectivity index (χ1n) is 4.60.